The number of rotatable bonds is 3. The van der Waals surface area contributed by atoms with E-state index in [1.807, 2.05) is 32.2 Å². The van der Waals surface area contributed by atoms with E-state index in [0.717, 1.165) is 23.0 Å². The zero-order valence-electron chi connectivity index (χ0n) is 14.7. The van der Waals surface area contributed by atoms with Crippen molar-refractivity contribution in [3.63, 3.8) is 0 Å². The quantitative estimate of drug-likeness (QED) is 0.928. The van der Waals surface area contributed by atoms with Crippen LogP contribution in [0.1, 0.15) is 48.5 Å². The van der Waals surface area contributed by atoms with E-state index >= 15 is 0 Å². The van der Waals surface area contributed by atoms with E-state index < -0.39 is 0 Å². The summed E-state index contributed by atoms with van der Waals surface area (Å²) in [6.45, 7) is 3.44. The standard InChI is InChI=1S/C18H24N4O3/c1-12-6-7-15(25-12)16-11-22(8-9-24-16)18(23)19-17-10-14(20-21(17)2)13-4-3-5-13/h6-7,10,13,16H,3-5,8-9,11H2,1-2H3,(H,19,23)/t16-/m1/s1. The number of carbonyl (C=O) groups excluding carboxylic acids is 1. The van der Waals surface area contributed by atoms with E-state index in [9.17, 15) is 4.79 Å². The Morgan fingerprint density at radius 2 is 2.20 bits per heavy atom. The smallest absolute Gasteiger partial charge is 0.323 e. The lowest BCUT2D eigenvalue weighted by atomic mass is 9.83. The van der Waals surface area contributed by atoms with Crippen molar-refractivity contribution in [3.05, 3.63) is 35.4 Å². The van der Waals surface area contributed by atoms with Crippen LogP contribution >= 0.6 is 0 Å². The molecular formula is C18H24N4O3. The molecule has 2 amide bonds. The Hall–Kier alpha value is -2.28. The molecule has 7 heteroatoms. The average molecular weight is 344 g/mol. The molecule has 134 valence electrons. The highest BCUT2D eigenvalue weighted by Gasteiger charge is 2.28. The lowest BCUT2D eigenvalue weighted by Gasteiger charge is -2.31. The molecule has 0 unspecified atom stereocenters. The summed E-state index contributed by atoms with van der Waals surface area (Å²) in [5, 5.41) is 7.52. The first-order chi connectivity index (χ1) is 12.1. The summed E-state index contributed by atoms with van der Waals surface area (Å²) in [5.41, 5.74) is 1.08. The van der Waals surface area contributed by atoms with Crippen molar-refractivity contribution in [2.75, 3.05) is 25.0 Å². The largest absolute Gasteiger partial charge is 0.464 e. The van der Waals surface area contributed by atoms with Crippen molar-refractivity contribution in [2.45, 2.75) is 38.2 Å². The molecule has 0 spiro atoms. The summed E-state index contributed by atoms with van der Waals surface area (Å²) in [7, 11) is 1.87. The first-order valence-corrected chi connectivity index (χ1v) is 8.88. The van der Waals surface area contributed by atoms with Gasteiger partial charge in [-0.05, 0) is 31.9 Å². The third-order valence-electron chi connectivity index (χ3n) is 5.09. The number of amides is 2. The molecule has 2 aromatic rings. The molecule has 0 bridgehead atoms. The number of morpholine rings is 1. The van der Waals surface area contributed by atoms with Crippen molar-refractivity contribution in [1.29, 1.82) is 0 Å². The Labute approximate surface area is 146 Å². The Bertz CT molecular complexity index is 762. The third kappa shape index (κ3) is 3.28. The van der Waals surface area contributed by atoms with Crippen molar-refractivity contribution in [1.82, 2.24) is 14.7 Å². The van der Waals surface area contributed by atoms with Crippen molar-refractivity contribution < 1.29 is 13.9 Å². The summed E-state index contributed by atoms with van der Waals surface area (Å²) in [5.74, 6) is 2.90. The second-order valence-corrected chi connectivity index (χ2v) is 6.89. The molecule has 2 fully saturated rings. The molecule has 7 nitrogen and oxygen atoms in total. The van der Waals surface area contributed by atoms with Crippen LogP contribution < -0.4 is 5.32 Å². The molecule has 0 radical (unpaired) electrons. The Kier molecular flexibility index (Phi) is 4.25. The molecule has 1 saturated heterocycles. The Morgan fingerprint density at radius 3 is 2.88 bits per heavy atom. The van der Waals surface area contributed by atoms with Gasteiger partial charge in [-0.3, -0.25) is 10.00 Å². The number of anilines is 1. The average Bonchev–Trinajstić information content (AvgIpc) is 3.12. The summed E-state index contributed by atoms with van der Waals surface area (Å²) in [4.78, 5) is 14.4. The number of aromatic nitrogens is 2. The van der Waals surface area contributed by atoms with Crippen LogP contribution in [0.2, 0.25) is 0 Å². The number of nitrogens with one attached hydrogen (secondary N) is 1. The Balaban J connectivity index is 1.41. The zero-order valence-corrected chi connectivity index (χ0v) is 14.7. The third-order valence-corrected chi connectivity index (χ3v) is 5.09. The van der Waals surface area contributed by atoms with Crippen molar-refractivity contribution in [2.24, 2.45) is 7.05 Å². The van der Waals surface area contributed by atoms with Crippen LogP contribution in [0.4, 0.5) is 10.6 Å². The fourth-order valence-electron chi connectivity index (χ4n) is 3.33. The normalized spacial score (nSPS) is 21.2. The van der Waals surface area contributed by atoms with E-state index in [-0.39, 0.29) is 12.1 Å². The maximum atomic E-state index is 12.7. The fourth-order valence-corrected chi connectivity index (χ4v) is 3.33. The van der Waals surface area contributed by atoms with Crippen LogP contribution in [0.3, 0.4) is 0 Å². The Morgan fingerprint density at radius 1 is 1.36 bits per heavy atom. The van der Waals surface area contributed by atoms with Crippen LogP contribution in [0, 0.1) is 6.92 Å². The first kappa shape index (κ1) is 16.2. The van der Waals surface area contributed by atoms with Gasteiger partial charge >= 0.3 is 6.03 Å². The molecule has 0 aromatic carbocycles. The summed E-state index contributed by atoms with van der Waals surface area (Å²) >= 11 is 0. The second kappa shape index (κ2) is 6.55. The number of aryl methyl sites for hydroxylation is 2. The van der Waals surface area contributed by atoms with Crippen molar-refractivity contribution in [3.8, 4) is 0 Å². The maximum absolute atomic E-state index is 12.7. The molecule has 2 aromatic heterocycles. The molecule has 1 aliphatic heterocycles. The minimum Gasteiger partial charge on any atom is -0.464 e. The molecule has 1 aliphatic carbocycles. The molecule has 1 atom stereocenters. The van der Waals surface area contributed by atoms with Gasteiger partial charge in [0.1, 0.15) is 23.4 Å². The van der Waals surface area contributed by atoms with E-state index in [2.05, 4.69) is 10.4 Å². The molecule has 1 saturated carbocycles. The van der Waals surface area contributed by atoms with Gasteiger partial charge in [0.2, 0.25) is 0 Å². The van der Waals surface area contributed by atoms with Gasteiger partial charge in [0.25, 0.3) is 0 Å². The predicted octanol–water partition coefficient (Wildman–Crippen LogP) is 3.19. The molecule has 4 rings (SSSR count). The second-order valence-electron chi connectivity index (χ2n) is 6.89. The first-order valence-electron chi connectivity index (χ1n) is 8.88. The van der Waals surface area contributed by atoms with Crippen LogP contribution in [0.5, 0.6) is 0 Å². The van der Waals surface area contributed by atoms with E-state index in [0.29, 0.717) is 25.6 Å². The van der Waals surface area contributed by atoms with Gasteiger partial charge in [-0.1, -0.05) is 6.42 Å². The van der Waals surface area contributed by atoms with Gasteiger partial charge in [0.15, 0.2) is 0 Å². The number of ether oxygens (including phenoxy) is 1. The highest BCUT2D eigenvalue weighted by molar-refractivity contribution is 5.88. The van der Waals surface area contributed by atoms with Crippen molar-refractivity contribution >= 4 is 11.8 Å². The molecule has 25 heavy (non-hydrogen) atoms. The lowest BCUT2D eigenvalue weighted by Crippen LogP contribution is -2.44. The van der Waals surface area contributed by atoms with E-state index in [1.165, 1.54) is 19.3 Å². The number of carbonyl (C=O) groups is 1. The van der Waals surface area contributed by atoms with E-state index in [4.69, 9.17) is 9.15 Å². The SMILES string of the molecule is Cc1ccc([C@H]2CN(C(=O)Nc3cc(C4CCC4)nn3C)CCO2)o1. The predicted molar refractivity (Wildman–Crippen MR) is 92.5 cm³/mol. The highest BCUT2D eigenvalue weighted by atomic mass is 16.5. The number of urea groups is 1. The zero-order chi connectivity index (χ0) is 17.4. The minimum absolute atomic E-state index is 0.125. The van der Waals surface area contributed by atoms with Gasteiger partial charge in [-0.25, -0.2) is 4.79 Å². The fraction of sp³-hybridized carbons (Fsp3) is 0.556. The topological polar surface area (TPSA) is 72.5 Å². The lowest BCUT2D eigenvalue weighted by molar-refractivity contribution is -0.0246. The van der Waals surface area contributed by atoms with Gasteiger partial charge in [-0.15, -0.1) is 0 Å². The maximum Gasteiger partial charge on any atom is 0.323 e. The minimum atomic E-state index is -0.217. The number of hydrogen-bond acceptors (Lipinski definition) is 4. The van der Waals surface area contributed by atoms with Gasteiger partial charge in [0.05, 0.1) is 18.8 Å². The van der Waals surface area contributed by atoms with Gasteiger partial charge in [0, 0.05) is 25.6 Å². The molecular weight excluding hydrogens is 320 g/mol. The number of nitrogens with zero attached hydrogens (tertiary/aromatic N) is 3. The van der Waals surface area contributed by atoms with Crippen LogP contribution in [-0.2, 0) is 11.8 Å². The summed E-state index contributed by atoms with van der Waals surface area (Å²) in [6, 6.07) is 5.69. The summed E-state index contributed by atoms with van der Waals surface area (Å²) < 4.78 is 13.1. The molecule has 1 N–H and O–H groups in total. The van der Waals surface area contributed by atoms with Gasteiger partial charge < -0.3 is 14.1 Å². The summed E-state index contributed by atoms with van der Waals surface area (Å²) in [6.07, 6.45) is 3.44. The van der Waals surface area contributed by atoms with Crippen LogP contribution in [-0.4, -0.2) is 40.4 Å². The van der Waals surface area contributed by atoms with Gasteiger partial charge in [-0.2, -0.15) is 5.10 Å². The molecule has 2 aliphatic rings. The molecule has 3 heterocycles. The monoisotopic (exact) mass is 344 g/mol. The van der Waals surface area contributed by atoms with Crippen LogP contribution in [0.15, 0.2) is 22.6 Å². The highest BCUT2D eigenvalue weighted by Crippen LogP contribution is 2.36. The number of hydrogen-bond donors (Lipinski definition) is 1. The van der Waals surface area contributed by atoms with E-state index in [1.54, 1.807) is 9.58 Å². The number of furan rings is 1. The van der Waals surface area contributed by atoms with Crippen LogP contribution in [0.25, 0.3) is 0 Å².